The highest BCUT2D eigenvalue weighted by Crippen LogP contribution is 2.32. The summed E-state index contributed by atoms with van der Waals surface area (Å²) in [6, 6.07) is 4.13. The average Bonchev–Trinajstić information content (AvgIpc) is 3.14. The summed E-state index contributed by atoms with van der Waals surface area (Å²) in [5.41, 5.74) is 3.38. The molecule has 3 aromatic rings. The molecule has 0 fully saturated rings. The van der Waals surface area contributed by atoms with Crippen molar-refractivity contribution in [2.75, 3.05) is 13.1 Å². The Bertz CT molecular complexity index is 951. The maximum Gasteiger partial charge on any atom is 0.259 e. The van der Waals surface area contributed by atoms with Crippen LogP contribution in [0, 0.1) is 20.8 Å². The smallest absolute Gasteiger partial charge is 0.259 e. The van der Waals surface area contributed by atoms with Crippen LogP contribution in [0.3, 0.4) is 0 Å². The van der Waals surface area contributed by atoms with Crippen molar-refractivity contribution in [1.29, 1.82) is 0 Å². The van der Waals surface area contributed by atoms with Crippen LogP contribution in [-0.2, 0) is 0 Å². The van der Waals surface area contributed by atoms with Crippen LogP contribution in [-0.4, -0.2) is 35.2 Å². The van der Waals surface area contributed by atoms with Gasteiger partial charge in [0.1, 0.15) is 0 Å². The normalized spacial score (nSPS) is 12.0. The molecule has 3 aromatic heterocycles. The van der Waals surface area contributed by atoms with Crippen LogP contribution >= 0.6 is 23.7 Å². The monoisotopic (exact) mass is 408 g/mol. The summed E-state index contributed by atoms with van der Waals surface area (Å²) < 4.78 is 5.36. The van der Waals surface area contributed by atoms with Gasteiger partial charge in [-0.1, -0.05) is 12.1 Å². The zero-order chi connectivity index (χ0) is 18.8. The van der Waals surface area contributed by atoms with E-state index in [1.54, 1.807) is 11.3 Å². The minimum Gasteiger partial charge on any atom is -0.350 e. The molecule has 1 atom stereocenters. The lowest BCUT2D eigenvalue weighted by Gasteiger charge is -2.14. The number of halogens is 1. The number of hydrogen-bond donors (Lipinski definition) is 2. The molecule has 0 unspecified atom stereocenters. The van der Waals surface area contributed by atoms with Gasteiger partial charge in [-0.2, -0.15) is 0 Å². The molecule has 146 valence electrons. The Kier molecular flexibility index (Phi) is 6.97. The highest BCUT2D eigenvalue weighted by atomic mass is 35.5. The number of carbonyl (C=O) groups is 1. The molecule has 6 nitrogen and oxygen atoms in total. The zero-order valence-corrected chi connectivity index (χ0v) is 17.8. The van der Waals surface area contributed by atoms with E-state index in [4.69, 9.17) is 4.52 Å². The summed E-state index contributed by atoms with van der Waals surface area (Å²) in [6.07, 6.45) is 0. The summed E-state index contributed by atoms with van der Waals surface area (Å²) in [6.45, 7) is 11.4. The maximum atomic E-state index is 12.9. The van der Waals surface area contributed by atoms with Crippen LogP contribution in [0.15, 0.2) is 16.7 Å². The van der Waals surface area contributed by atoms with Crippen molar-refractivity contribution in [3.63, 3.8) is 0 Å². The molecule has 0 radical (unpaired) electrons. The number of likely N-dealkylation sites (N-methyl/N-ethyl adjacent to an activating group) is 1. The largest absolute Gasteiger partial charge is 0.350 e. The third-order valence-corrected chi connectivity index (χ3v) is 5.27. The molecule has 0 aromatic carbocycles. The van der Waals surface area contributed by atoms with Crippen molar-refractivity contribution in [2.45, 2.75) is 40.7 Å². The Morgan fingerprint density at radius 1 is 1.30 bits per heavy atom. The topological polar surface area (TPSA) is 80.0 Å². The van der Waals surface area contributed by atoms with E-state index < -0.39 is 0 Å². The Hall–Kier alpha value is -1.96. The molecule has 0 saturated carbocycles. The van der Waals surface area contributed by atoms with E-state index in [0.717, 1.165) is 22.7 Å². The quantitative estimate of drug-likeness (QED) is 0.643. The van der Waals surface area contributed by atoms with Gasteiger partial charge in [-0.3, -0.25) is 4.79 Å². The minimum absolute atomic E-state index is 0. The van der Waals surface area contributed by atoms with Crippen LogP contribution < -0.4 is 10.6 Å². The van der Waals surface area contributed by atoms with Gasteiger partial charge in [-0.05, 0) is 46.4 Å². The summed E-state index contributed by atoms with van der Waals surface area (Å²) in [5, 5.41) is 11.0. The first kappa shape index (κ1) is 21.3. The Morgan fingerprint density at radius 2 is 2.04 bits per heavy atom. The second kappa shape index (κ2) is 8.82. The van der Waals surface area contributed by atoms with Gasteiger partial charge in [-0.25, -0.2) is 4.98 Å². The third-order valence-electron chi connectivity index (χ3n) is 4.30. The molecule has 0 saturated heterocycles. The van der Waals surface area contributed by atoms with E-state index in [0.29, 0.717) is 28.9 Å². The molecule has 0 bridgehead atoms. The Labute approximate surface area is 169 Å². The summed E-state index contributed by atoms with van der Waals surface area (Å²) >= 11 is 1.71. The van der Waals surface area contributed by atoms with Gasteiger partial charge < -0.3 is 15.2 Å². The highest BCUT2D eigenvalue weighted by molar-refractivity contribution is 7.12. The van der Waals surface area contributed by atoms with E-state index in [1.807, 2.05) is 26.8 Å². The van der Waals surface area contributed by atoms with Gasteiger partial charge in [-0.15, -0.1) is 23.7 Å². The van der Waals surface area contributed by atoms with Crippen molar-refractivity contribution in [2.24, 2.45) is 0 Å². The summed E-state index contributed by atoms with van der Waals surface area (Å²) in [5.74, 6) is -0.140. The molecule has 0 aliphatic heterocycles. The van der Waals surface area contributed by atoms with E-state index in [9.17, 15) is 4.79 Å². The number of pyridine rings is 1. The predicted octanol–water partition coefficient (Wildman–Crippen LogP) is 4.03. The number of aryl methyl sites for hydroxylation is 3. The van der Waals surface area contributed by atoms with E-state index in [2.05, 4.69) is 40.7 Å². The van der Waals surface area contributed by atoms with E-state index in [1.165, 1.54) is 4.88 Å². The molecule has 3 heterocycles. The Balaban J connectivity index is 0.00000261. The van der Waals surface area contributed by atoms with Gasteiger partial charge in [0, 0.05) is 27.9 Å². The van der Waals surface area contributed by atoms with Crippen molar-refractivity contribution in [3.8, 4) is 11.3 Å². The van der Waals surface area contributed by atoms with Crippen LogP contribution in [0.5, 0.6) is 0 Å². The molecule has 1 amide bonds. The standard InChI is InChI=1S/C19H24N4O2S.ClH/c1-6-20-10(2)9-21-18(24)15-8-16(14-7-11(3)26-13(14)5)22-19-17(15)12(4)23-25-19;/h7-8,10,20H,6,9H2,1-5H3,(H,21,24);1H/t10-;/m1./s1. The number of thiophene rings is 1. The molecule has 0 aliphatic rings. The number of fused-ring (bicyclic) bond motifs is 1. The van der Waals surface area contributed by atoms with Crippen molar-refractivity contribution in [3.05, 3.63) is 33.1 Å². The SMILES string of the molecule is CCN[C@H](C)CNC(=O)c1cc(-c2cc(C)sc2C)nc2onc(C)c12.Cl. The maximum absolute atomic E-state index is 12.9. The van der Waals surface area contributed by atoms with E-state index >= 15 is 0 Å². The minimum atomic E-state index is -0.140. The summed E-state index contributed by atoms with van der Waals surface area (Å²) in [4.78, 5) is 19.8. The number of amides is 1. The number of nitrogens with zero attached hydrogens (tertiary/aromatic N) is 2. The zero-order valence-electron chi connectivity index (χ0n) is 16.2. The number of hydrogen-bond acceptors (Lipinski definition) is 6. The second-order valence-corrected chi connectivity index (χ2v) is 7.96. The first-order chi connectivity index (χ1) is 12.4. The lowest BCUT2D eigenvalue weighted by Crippen LogP contribution is -2.38. The fourth-order valence-electron chi connectivity index (χ4n) is 3.06. The van der Waals surface area contributed by atoms with Gasteiger partial charge in [0.2, 0.25) is 0 Å². The number of aromatic nitrogens is 2. The van der Waals surface area contributed by atoms with Crippen molar-refractivity contribution in [1.82, 2.24) is 20.8 Å². The Morgan fingerprint density at radius 3 is 2.67 bits per heavy atom. The van der Waals surface area contributed by atoms with Crippen LogP contribution in [0.25, 0.3) is 22.4 Å². The predicted molar refractivity (Wildman–Crippen MR) is 112 cm³/mol. The molecule has 3 rings (SSSR count). The van der Waals surface area contributed by atoms with Gasteiger partial charge in [0.05, 0.1) is 22.3 Å². The van der Waals surface area contributed by atoms with Crippen LogP contribution in [0.2, 0.25) is 0 Å². The van der Waals surface area contributed by atoms with Crippen LogP contribution in [0.4, 0.5) is 0 Å². The van der Waals surface area contributed by atoms with Gasteiger partial charge >= 0.3 is 0 Å². The lowest BCUT2D eigenvalue weighted by atomic mass is 10.1. The summed E-state index contributed by atoms with van der Waals surface area (Å²) in [7, 11) is 0. The first-order valence-corrected chi connectivity index (χ1v) is 9.58. The first-order valence-electron chi connectivity index (χ1n) is 8.76. The highest BCUT2D eigenvalue weighted by Gasteiger charge is 2.20. The van der Waals surface area contributed by atoms with Crippen LogP contribution in [0.1, 0.15) is 39.7 Å². The van der Waals surface area contributed by atoms with Crippen molar-refractivity contribution >= 4 is 40.8 Å². The molecule has 0 aliphatic carbocycles. The molecular weight excluding hydrogens is 384 g/mol. The molecular formula is C19H25ClN4O2S. The second-order valence-electron chi connectivity index (χ2n) is 6.50. The van der Waals surface area contributed by atoms with Gasteiger partial charge in [0.25, 0.3) is 11.6 Å². The van der Waals surface area contributed by atoms with E-state index in [-0.39, 0.29) is 24.4 Å². The molecule has 2 N–H and O–H groups in total. The molecule has 8 heteroatoms. The number of nitrogens with one attached hydrogen (secondary N) is 2. The molecule has 0 spiro atoms. The number of carbonyl (C=O) groups excluding carboxylic acids is 1. The molecule has 27 heavy (non-hydrogen) atoms. The fourth-order valence-corrected chi connectivity index (χ4v) is 3.99. The average molecular weight is 409 g/mol. The fraction of sp³-hybridized carbons (Fsp3) is 0.421. The third kappa shape index (κ3) is 4.48. The van der Waals surface area contributed by atoms with Crippen molar-refractivity contribution < 1.29 is 9.32 Å². The number of rotatable bonds is 6. The lowest BCUT2D eigenvalue weighted by molar-refractivity contribution is 0.0951. The van der Waals surface area contributed by atoms with Gasteiger partial charge in [0.15, 0.2) is 0 Å².